The third kappa shape index (κ3) is 3.71. The van der Waals surface area contributed by atoms with Crippen LogP contribution in [0.25, 0.3) is 11.0 Å². The molecule has 0 bridgehead atoms. The molecule has 0 radical (unpaired) electrons. The molecule has 2 aromatic carbocycles. The molecule has 0 aliphatic carbocycles. The fourth-order valence-corrected chi connectivity index (χ4v) is 4.33. The predicted molar refractivity (Wildman–Crippen MR) is 100 cm³/mol. The second-order valence-electron chi connectivity index (χ2n) is 5.69. The van der Waals surface area contributed by atoms with Crippen molar-refractivity contribution in [2.75, 3.05) is 13.2 Å². The van der Waals surface area contributed by atoms with Gasteiger partial charge in [-0.2, -0.15) is 5.26 Å². The van der Waals surface area contributed by atoms with E-state index in [1.54, 1.807) is 38.4 Å². The first-order chi connectivity index (χ1) is 12.6. The van der Waals surface area contributed by atoms with E-state index in [0.717, 1.165) is 16.6 Å². The molecule has 26 heavy (non-hydrogen) atoms. The normalized spacial score (nSPS) is 11.6. The van der Waals surface area contributed by atoms with E-state index < -0.39 is 7.60 Å². The van der Waals surface area contributed by atoms with Crippen LogP contribution in [0, 0.1) is 11.3 Å². The van der Waals surface area contributed by atoms with Gasteiger partial charge in [0, 0.05) is 6.54 Å². The first kappa shape index (κ1) is 18.3. The molecule has 3 rings (SSSR count). The van der Waals surface area contributed by atoms with Crippen LogP contribution in [0.15, 0.2) is 48.8 Å². The van der Waals surface area contributed by atoms with Gasteiger partial charge < -0.3 is 13.6 Å². The summed E-state index contributed by atoms with van der Waals surface area (Å²) in [6.45, 7) is 4.82. The molecule has 7 heteroatoms. The molecular weight excluding hydrogens is 349 g/mol. The minimum absolute atomic E-state index is 0.321. The standard InChI is InChI=1S/C19H20N3O3P/c1-3-24-26(23,25-4-2)17-8-5-15(6-9-17)13-22-14-21-18-10-7-16(12-20)11-19(18)22/h5-11,14H,3-4,13H2,1-2H3. The summed E-state index contributed by atoms with van der Waals surface area (Å²) in [6, 6.07) is 14.9. The first-order valence-electron chi connectivity index (χ1n) is 8.43. The zero-order valence-electron chi connectivity index (χ0n) is 14.8. The Morgan fingerprint density at radius 2 is 1.81 bits per heavy atom. The molecule has 0 atom stereocenters. The maximum absolute atomic E-state index is 12.8. The van der Waals surface area contributed by atoms with Crippen LogP contribution in [0.2, 0.25) is 0 Å². The van der Waals surface area contributed by atoms with Crippen LogP contribution in [0.4, 0.5) is 0 Å². The van der Waals surface area contributed by atoms with Crippen molar-refractivity contribution in [2.24, 2.45) is 0 Å². The van der Waals surface area contributed by atoms with Gasteiger partial charge >= 0.3 is 7.60 Å². The van der Waals surface area contributed by atoms with Crippen LogP contribution in [0.1, 0.15) is 25.0 Å². The van der Waals surface area contributed by atoms with Crippen molar-refractivity contribution in [2.45, 2.75) is 20.4 Å². The molecular formula is C19H20N3O3P. The van der Waals surface area contributed by atoms with Crippen molar-refractivity contribution in [3.63, 3.8) is 0 Å². The number of imidazole rings is 1. The van der Waals surface area contributed by atoms with Gasteiger partial charge in [-0.25, -0.2) is 4.98 Å². The van der Waals surface area contributed by atoms with Crippen molar-refractivity contribution >= 4 is 23.9 Å². The second kappa shape index (κ2) is 7.84. The van der Waals surface area contributed by atoms with Crippen LogP contribution in [0.3, 0.4) is 0 Å². The Kier molecular flexibility index (Phi) is 5.53. The fourth-order valence-electron chi connectivity index (χ4n) is 2.76. The molecule has 0 saturated heterocycles. The van der Waals surface area contributed by atoms with E-state index >= 15 is 0 Å². The molecule has 3 aromatic rings. The number of rotatable bonds is 7. The Hall–Kier alpha value is -2.45. The maximum Gasteiger partial charge on any atom is 0.361 e. The summed E-state index contributed by atoms with van der Waals surface area (Å²) in [7, 11) is -3.27. The Labute approximate surface area is 152 Å². The Morgan fingerprint density at radius 1 is 1.12 bits per heavy atom. The van der Waals surface area contributed by atoms with Crippen LogP contribution in [0.5, 0.6) is 0 Å². The highest BCUT2D eigenvalue weighted by molar-refractivity contribution is 7.62. The highest BCUT2D eigenvalue weighted by Crippen LogP contribution is 2.46. The van der Waals surface area contributed by atoms with Gasteiger partial charge in [-0.05, 0) is 49.7 Å². The average Bonchev–Trinajstić information content (AvgIpc) is 3.04. The number of hydrogen-bond acceptors (Lipinski definition) is 5. The van der Waals surface area contributed by atoms with E-state index in [-0.39, 0.29) is 0 Å². The van der Waals surface area contributed by atoms with E-state index in [9.17, 15) is 4.57 Å². The summed E-state index contributed by atoms with van der Waals surface area (Å²) in [5, 5.41) is 9.63. The molecule has 0 N–H and O–H groups in total. The van der Waals surface area contributed by atoms with Gasteiger partial charge in [-0.1, -0.05) is 12.1 Å². The van der Waals surface area contributed by atoms with E-state index in [4.69, 9.17) is 14.3 Å². The Morgan fingerprint density at radius 3 is 2.42 bits per heavy atom. The summed E-state index contributed by atoms with van der Waals surface area (Å²) in [5.41, 5.74) is 3.37. The minimum atomic E-state index is -3.27. The average molecular weight is 369 g/mol. The number of benzene rings is 2. The first-order valence-corrected chi connectivity index (χ1v) is 9.97. The van der Waals surface area contributed by atoms with Gasteiger partial charge in [0.05, 0.1) is 47.5 Å². The van der Waals surface area contributed by atoms with Gasteiger partial charge in [0.15, 0.2) is 0 Å². The molecule has 1 aromatic heterocycles. The smallest absolute Gasteiger partial charge is 0.326 e. The van der Waals surface area contributed by atoms with Crippen molar-refractivity contribution in [3.8, 4) is 6.07 Å². The lowest BCUT2D eigenvalue weighted by Crippen LogP contribution is -2.11. The molecule has 1 heterocycles. The largest absolute Gasteiger partial charge is 0.361 e. The lowest BCUT2D eigenvalue weighted by Gasteiger charge is -2.17. The fraction of sp³-hybridized carbons (Fsp3) is 0.263. The minimum Gasteiger partial charge on any atom is -0.326 e. The number of nitrogens with zero attached hydrogens (tertiary/aromatic N) is 3. The number of hydrogen-bond donors (Lipinski definition) is 0. The molecule has 0 aliphatic heterocycles. The summed E-state index contributed by atoms with van der Waals surface area (Å²) in [6.07, 6.45) is 1.75. The Balaban J connectivity index is 1.86. The molecule has 0 fully saturated rings. The molecule has 0 aliphatic rings. The lowest BCUT2D eigenvalue weighted by molar-refractivity contribution is 0.230. The van der Waals surface area contributed by atoms with Crippen LogP contribution < -0.4 is 5.30 Å². The van der Waals surface area contributed by atoms with Gasteiger partial charge in [-0.3, -0.25) is 4.57 Å². The van der Waals surface area contributed by atoms with Crippen molar-refractivity contribution in [1.29, 1.82) is 5.26 Å². The predicted octanol–water partition coefficient (Wildman–Crippen LogP) is 3.85. The molecule has 0 spiro atoms. The van der Waals surface area contributed by atoms with Crippen molar-refractivity contribution < 1.29 is 13.6 Å². The maximum atomic E-state index is 12.8. The summed E-state index contributed by atoms with van der Waals surface area (Å²) < 4.78 is 25.5. The summed E-state index contributed by atoms with van der Waals surface area (Å²) >= 11 is 0. The highest BCUT2D eigenvalue weighted by Gasteiger charge is 2.26. The number of fused-ring (bicyclic) bond motifs is 1. The number of aromatic nitrogens is 2. The van der Waals surface area contributed by atoms with E-state index in [1.807, 2.05) is 28.8 Å². The second-order valence-corrected chi connectivity index (χ2v) is 7.71. The molecule has 0 unspecified atom stereocenters. The van der Waals surface area contributed by atoms with Gasteiger partial charge in [-0.15, -0.1) is 0 Å². The van der Waals surface area contributed by atoms with Crippen LogP contribution in [-0.2, 0) is 20.2 Å². The van der Waals surface area contributed by atoms with E-state index in [1.165, 1.54) is 0 Å². The summed E-state index contributed by atoms with van der Waals surface area (Å²) in [4.78, 5) is 4.36. The lowest BCUT2D eigenvalue weighted by atomic mass is 10.2. The summed E-state index contributed by atoms with van der Waals surface area (Å²) in [5.74, 6) is 0. The molecule has 0 amide bonds. The quantitative estimate of drug-likeness (QED) is 0.591. The van der Waals surface area contributed by atoms with Crippen LogP contribution in [-0.4, -0.2) is 22.8 Å². The molecule has 0 saturated carbocycles. The third-order valence-corrected chi connectivity index (χ3v) is 6.08. The van der Waals surface area contributed by atoms with E-state index in [2.05, 4.69) is 11.1 Å². The zero-order chi connectivity index (χ0) is 18.6. The van der Waals surface area contributed by atoms with Crippen molar-refractivity contribution in [3.05, 3.63) is 59.9 Å². The van der Waals surface area contributed by atoms with E-state index in [0.29, 0.717) is 30.6 Å². The van der Waals surface area contributed by atoms with Crippen molar-refractivity contribution in [1.82, 2.24) is 9.55 Å². The monoisotopic (exact) mass is 369 g/mol. The molecule has 134 valence electrons. The van der Waals surface area contributed by atoms with Gasteiger partial charge in [0.25, 0.3) is 0 Å². The topological polar surface area (TPSA) is 77.1 Å². The van der Waals surface area contributed by atoms with Crippen LogP contribution >= 0.6 is 7.60 Å². The zero-order valence-corrected chi connectivity index (χ0v) is 15.6. The van der Waals surface area contributed by atoms with Gasteiger partial charge in [0.2, 0.25) is 0 Å². The highest BCUT2D eigenvalue weighted by atomic mass is 31.2. The van der Waals surface area contributed by atoms with Gasteiger partial charge in [0.1, 0.15) is 0 Å². The third-order valence-electron chi connectivity index (χ3n) is 3.95. The molecule has 6 nitrogen and oxygen atoms in total. The Bertz CT molecular complexity index is 979. The SMILES string of the molecule is CCOP(=O)(OCC)c1ccc(Cn2cnc3ccc(C#N)cc32)cc1. The number of nitriles is 1.